The molecule has 0 spiro atoms. The third-order valence-electron chi connectivity index (χ3n) is 3.99. The van der Waals surface area contributed by atoms with Crippen LogP contribution in [0.25, 0.3) is 10.8 Å². The van der Waals surface area contributed by atoms with Crippen LogP contribution in [-0.4, -0.2) is 19.8 Å². The molecule has 2 rings (SSSR count). The second-order valence-electron chi connectivity index (χ2n) is 5.73. The van der Waals surface area contributed by atoms with Gasteiger partial charge in [0.05, 0.1) is 18.8 Å². The van der Waals surface area contributed by atoms with Crippen LogP contribution < -0.4 is 5.32 Å². The molecule has 2 aromatic rings. The molecule has 0 radical (unpaired) electrons. The van der Waals surface area contributed by atoms with Crippen molar-refractivity contribution in [3.05, 3.63) is 48.0 Å². The molecule has 0 aromatic heterocycles. The van der Waals surface area contributed by atoms with Crippen molar-refractivity contribution < 1.29 is 4.74 Å². The Labute approximate surface area is 122 Å². The quantitative estimate of drug-likeness (QED) is 0.851. The molecule has 1 N–H and O–H groups in total. The molecule has 0 saturated heterocycles. The SMILES string of the molecule is CNC(COC(C)C(C)C)c1ccc2ccccc2c1. The van der Waals surface area contributed by atoms with Gasteiger partial charge in [-0.1, -0.05) is 50.2 Å². The third-order valence-corrected chi connectivity index (χ3v) is 3.99. The van der Waals surface area contributed by atoms with Crippen LogP contribution in [0.4, 0.5) is 0 Å². The first-order valence-corrected chi connectivity index (χ1v) is 7.39. The summed E-state index contributed by atoms with van der Waals surface area (Å²) in [6.07, 6.45) is 0.284. The lowest BCUT2D eigenvalue weighted by atomic mass is 10.0. The summed E-state index contributed by atoms with van der Waals surface area (Å²) in [5, 5.41) is 5.91. The third kappa shape index (κ3) is 3.59. The molecular weight excluding hydrogens is 246 g/mol. The highest BCUT2D eigenvalue weighted by Crippen LogP contribution is 2.21. The Morgan fingerprint density at radius 2 is 1.70 bits per heavy atom. The van der Waals surface area contributed by atoms with Gasteiger partial charge in [-0.15, -0.1) is 0 Å². The van der Waals surface area contributed by atoms with Crippen LogP contribution in [-0.2, 0) is 4.74 Å². The van der Waals surface area contributed by atoms with Crippen LogP contribution in [0, 0.1) is 5.92 Å². The Balaban J connectivity index is 2.12. The molecule has 108 valence electrons. The van der Waals surface area contributed by atoms with Crippen molar-refractivity contribution in [3.63, 3.8) is 0 Å². The predicted molar refractivity (Wildman–Crippen MR) is 86.0 cm³/mol. The molecular formula is C18H25NO. The summed E-state index contributed by atoms with van der Waals surface area (Å²) in [4.78, 5) is 0. The van der Waals surface area contributed by atoms with Crippen molar-refractivity contribution in [1.82, 2.24) is 5.32 Å². The maximum Gasteiger partial charge on any atom is 0.0665 e. The van der Waals surface area contributed by atoms with E-state index in [0.29, 0.717) is 12.5 Å². The number of rotatable bonds is 6. The molecule has 20 heavy (non-hydrogen) atoms. The van der Waals surface area contributed by atoms with Crippen LogP contribution in [0.15, 0.2) is 42.5 Å². The first kappa shape index (κ1) is 15.0. The van der Waals surface area contributed by atoms with Crippen LogP contribution in [0.3, 0.4) is 0 Å². The first-order valence-electron chi connectivity index (χ1n) is 7.39. The monoisotopic (exact) mass is 271 g/mol. The largest absolute Gasteiger partial charge is 0.376 e. The van der Waals surface area contributed by atoms with Gasteiger partial charge in [0.25, 0.3) is 0 Å². The Kier molecular flexibility index (Phi) is 5.16. The lowest BCUT2D eigenvalue weighted by Gasteiger charge is -2.22. The molecule has 2 unspecified atom stereocenters. The van der Waals surface area contributed by atoms with E-state index in [4.69, 9.17) is 4.74 Å². The fourth-order valence-electron chi connectivity index (χ4n) is 2.21. The maximum atomic E-state index is 5.96. The Morgan fingerprint density at radius 1 is 1.00 bits per heavy atom. The highest BCUT2D eigenvalue weighted by atomic mass is 16.5. The minimum absolute atomic E-state index is 0.237. The van der Waals surface area contributed by atoms with Crippen LogP contribution in [0.2, 0.25) is 0 Å². The molecule has 2 atom stereocenters. The van der Waals surface area contributed by atoms with Gasteiger partial charge >= 0.3 is 0 Å². The standard InChI is InChI=1S/C18H25NO/c1-13(2)14(3)20-12-18(19-4)17-10-9-15-7-5-6-8-16(15)11-17/h5-11,13-14,18-19H,12H2,1-4H3. The molecule has 0 heterocycles. The molecule has 0 fully saturated rings. The van der Waals surface area contributed by atoms with E-state index in [9.17, 15) is 0 Å². The van der Waals surface area contributed by atoms with Gasteiger partial charge < -0.3 is 10.1 Å². The molecule has 0 aliphatic carbocycles. The Morgan fingerprint density at radius 3 is 2.35 bits per heavy atom. The molecule has 2 heteroatoms. The van der Waals surface area contributed by atoms with E-state index in [1.807, 2.05) is 7.05 Å². The van der Waals surface area contributed by atoms with Gasteiger partial charge in [0.1, 0.15) is 0 Å². The molecule has 2 nitrogen and oxygen atoms in total. The van der Waals surface area contributed by atoms with E-state index in [1.54, 1.807) is 0 Å². The minimum Gasteiger partial charge on any atom is -0.376 e. The summed E-state index contributed by atoms with van der Waals surface area (Å²) in [5.74, 6) is 0.545. The van der Waals surface area contributed by atoms with Crippen molar-refractivity contribution in [3.8, 4) is 0 Å². The van der Waals surface area contributed by atoms with Crippen molar-refractivity contribution in [2.75, 3.05) is 13.7 Å². The van der Waals surface area contributed by atoms with Crippen molar-refractivity contribution in [2.45, 2.75) is 32.9 Å². The molecule has 0 amide bonds. The summed E-state index contributed by atoms with van der Waals surface area (Å²) in [6, 6.07) is 15.3. The number of fused-ring (bicyclic) bond motifs is 1. The molecule has 0 aliphatic rings. The fourth-order valence-corrected chi connectivity index (χ4v) is 2.21. The summed E-state index contributed by atoms with van der Waals surface area (Å²) < 4.78 is 5.96. The van der Waals surface area contributed by atoms with Crippen molar-refractivity contribution >= 4 is 10.8 Å². The number of likely N-dealkylation sites (N-methyl/N-ethyl adjacent to an activating group) is 1. The van der Waals surface area contributed by atoms with Gasteiger partial charge in [0.2, 0.25) is 0 Å². The molecule has 0 bridgehead atoms. The smallest absolute Gasteiger partial charge is 0.0665 e. The van der Waals surface area contributed by atoms with Crippen molar-refractivity contribution in [2.24, 2.45) is 5.92 Å². The van der Waals surface area contributed by atoms with Gasteiger partial charge in [0, 0.05) is 0 Å². The average Bonchev–Trinajstić information content (AvgIpc) is 2.47. The predicted octanol–water partition coefficient (Wildman–Crippen LogP) is 4.16. The van der Waals surface area contributed by atoms with E-state index >= 15 is 0 Å². The van der Waals surface area contributed by atoms with Crippen molar-refractivity contribution in [1.29, 1.82) is 0 Å². The van der Waals surface area contributed by atoms with Crippen LogP contribution >= 0.6 is 0 Å². The van der Waals surface area contributed by atoms with E-state index < -0.39 is 0 Å². The zero-order chi connectivity index (χ0) is 14.5. The van der Waals surface area contributed by atoms with Crippen LogP contribution in [0.1, 0.15) is 32.4 Å². The fraction of sp³-hybridized carbons (Fsp3) is 0.444. The topological polar surface area (TPSA) is 21.3 Å². The zero-order valence-corrected chi connectivity index (χ0v) is 12.9. The average molecular weight is 271 g/mol. The number of hydrogen-bond acceptors (Lipinski definition) is 2. The highest BCUT2D eigenvalue weighted by Gasteiger charge is 2.13. The number of hydrogen-bond donors (Lipinski definition) is 1. The number of benzene rings is 2. The van der Waals surface area contributed by atoms with Gasteiger partial charge in [-0.2, -0.15) is 0 Å². The Bertz CT molecular complexity index is 550. The summed E-state index contributed by atoms with van der Waals surface area (Å²) in [5.41, 5.74) is 1.28. The lowest BCUT2D eigenvalue weighted by Crippen LogP contribution is -2.26. The molecule has 0 saturated carbocycles. The van der Waals surface area contributed by atoms with Gasteiger partial charge in [-0.25, -0.2) is 0 Å². The summed E-state index contributed by atoms with van der Waals surface area (Å²) in [6.45, 7) is 7.22. The minimum atomic E-state index is 0.237. The second kappa shape index (κ2) is 6.87. The highest BCUT2D eigenvalue weighted by molar-refractivity contribution is 5.83. The van der Waals surface area contributed by atoms with E-state index in [1.165, 1.54) is 16.3 Å². The van der Waals surface area contributed by atoms with E-state index in [0.717, 1.165) is 0 Å². The number of nitrogens with one attached hydrogen (secondary N) is 1. The first-order chi connectivity index (χ1) is 9.61. The number of ether oxygens (including phenoxy) is 1. The van der Waals surface area contributed by atoms with E-state index in [-0.39, 0.29) is 12.1 Å². The van der Waals surface area contributed by atoms with Crippen LogP contribution in [0.5, 0.6) is 0 Å². The summed E-state index contributed by atoms with van der Waals surface area (Å²) in [7, 11) is 1.99. The second-order valence-corrected chi connectivity index (χ2v) is 5.73. The molecule has 2 aromatic carbocycles. The molecule has 0 aliphatic heterocycles. The lowest BCUT2D eigenvalue weighted by molar-refractivity contribution is 0.0229. The normalized spacial score (nSPS) is 14.7. The van der Waals surface area contributed by atoms with E-state index in [2.05, 4.69) is 68.6 Å². The van der Waals surface area contributed by atoms with Gasteiger partial charge in [0.15, 0.2) is 0 Å². The maximum absolute atomic E-state index is 5.96. The summed E-state index contributed by atoms with van der Waals surface area (Å²) >= 11 is 0. The Hall–Kier alpha value is -1.38. The zero-order valence-electron chi connectivity index (χ0n) is 12.9. The van der Waals surface area contributed by atoms with Gasteiger partial charge in [-0.05, 0) is 42.3 Å². The van der Waals surface area contributed by atoms with Gasteiger partial charge in [-0.3, -0.25) is 0 Å².